The summed E-state index contributed by atoms with van der Waals surface area (Å²) in [5.41, 5.74) is -2.41. The number of esters is 1. The van der Waals surface area contributed by atoms with E-state index in [-0.39, 0.29) is 31.6 Å². The van der Waals surface area contributed by atoms with E-state index in [4.69, 9.17) is 9.47 Å². The monoisotopic (exact) mass is 490 g/mol. The highest BCUT2D eigenvalue weighted by Crippen LogP contribution is 2.64. The molecule has 5 atom stereocenters. The number of hydrogen-bond acceptors (Lipinski definition) is 6. The fourth-order valence-corrected chi connectivity index (χ4v) is 6.30. The maximum absolute atomic E-state index is 14.2. The van der Waals surface area contributed by atoms with E-state index in [2.05, 4.69) is 13.2 Å². The van der Waals surface area contributed by atoms with Crippen LogP contribution in [0, 0.1) is 11.8 Å². The topological polar surface area (TPSA) is 96.4 Å². The standard InChI is InChI=1S/C27H42N2O6/c1-7-10-11-18-34-24(33)20-19-22(31)28(16-12-17-30)21(23(32)29(15-8-2)25(4,5)6)27(19)14-13-26(20,9-3)35-27/h7-8,19-21,30H,1-2,9-18H2,3-6H3/t19-,20+,21?,26-,27?/m0/s1. The minimum absolute atomic E-state index is 0.105. The number of hydrogen-bond donors (Lipinski definition) is 1. The number of fused-ring (bicyclic) bond motifs is 1. The zero-order valence-electron chi connectivity index (χ0n) is 21.8. The van der Waals surface area contributed by atoms with E-state index in [1.807, 2.05) is 27.7 Å². The van der Waals surface area contributed by atoms with E-state index in [1.165, 1.54) is 0 Å². The van der Waals surface area contributed by atoms with Gasteiger partial charge in [-0.1, -0.05) is 19.1 Å². The Morgan fingerprint density at radius 2 is 1.97 bits per heavy atom. The Balaban J connectivity index is 2.03. The van der Waals surface area contributed by atoms with Crippen LogP contribution >= 0.6 is 0 Å². The summed E-state index contributed by atoms with van der Waals surface area (Å²) in [4.78, 5) is 44.7. The van der Waals surface area contributed by atoms with Gasteiger partial charge in [-0.05, 0) is 59.3 Å². The van der Waals surface area contributed by atoms with Crippen LogP contribution in [0.4, 0.5) is 0 Å². The van der Waals surface area contributed by atoms with Crippen molar-refractivity contribution in [2.75, 3.05) is 26.3 Å². The van der Waals surface area contributed by atoms with Crippen LogP contribution in [-0.4, -0.2) is 81.8 Å². The number of allylic oxidation sites excluding steroid dienone is 1. The molecule has 3 heterocycles. The normalized spacial score (nSPS) is 31.4. The fraction of sp³-hybridized carbons (Fsp3) is 0.741. The minimum Gasteiger partial charge on any atom is -0.465 e. The number of carbonyl (C=O) groups excluding carboxylic acids is 3. The second-order valence-corrected chi connectivity index (χ2v) is 10.9. The van der Waals surface area contributed by atoms with Crippen LogP contribution in [0.5, 0.6) is 0 Å². The molecule has 0 saturated carbocycles. The van der Waals surface area contributed by atoms with E-state index in [0.29, 0.717) is 38.6 Å². The van der Waals surface area contributed by atoms with Crippen molar-refractivity contribution in [3.05, 3.63) is 25.3 Å². The lowest BCUT2D eigenvalue weighted by Gasteiger charge is -2.42. The third-order valence-electron chi connectivity index (χ3n) is 7.91. The Labute approximate surface area is 209 Å². The third-order valence-corrected chi connectivity index (χ3v) is 7.91. The van der Waals surface area contributed by atoms with Crippen LogP contribution in [0.25, 0.3) is 0 Å². The average molecular weight is 491 g/mol. The molecule has 0 aliphatic carbocycles. The van der Waals surface area contributed by atoms with Gasteiger partial charge in [0, 0.05) is 25.2 Å². The second kappa shape index (κ2) is 10.4. The van der Waals surface area contributed by atoms with Gasteiger partial charge in [-0.3, -0.25) is 14.4 Å². The first-order valence-corrected chi connectivity index (χ1v) is 12.9. The minimum atomic E-state index is -1.09. The molecule has 8 nitrogen and oxygen atoms in total. The van der Waals surface area contributed by atoms with Crippen LogP contribution in [0.3, 0.4) is 0 Å². The van der Waals surface area contributed by atoms with Crippen molar-refractivity contribution in [2.24, 2.45) is 11.8 Å². The van der Waals surface area contributed by atoms with E-state index in [1.54, 1.807) is 22.0 Å². The molecule has 1 N–H and O–H groups in total. The Hall–Kier alpha value is -2.19. The molecular formula is C27H42N2O6. The molecule has 0 aromatic heterocycles. The molecule has 0 aromatic rings. The quantitative estimate of drug-likeness (QED) is 0.257. The Morgan fingerprint density at radius 1 is 1.26 bits per heavy atom. The number of aliphatic hydroxyl groups is 1. The van der Waals surface area contributed by atoms with Crippen LogP contribution in [0.2, 0.25) is 0 Å². The molecule has 3 saturated heterocycles. The maximum atomic E-state index is 14.2. The average Bonchev–Trinajstić information content (AvgIpc) is 3.41. The van der Waals surface area contributed by atoms with Gasteiger partial charge >= 0.3 is 5.97 Å². The zero-order valence-corrected chi connectivity index (χ0v) is 21.8. The number of ether oxygens (including phenoxy) is 2. The predicted molar refractivity (Wildman–Crippen MR) is 132 cm³/mol. The number of likely N-dealkylation sites (tertiary alicyclic amines) is 1. The first kappa shape index (κ1) is 27.4. The summed E-state index contributed by atoms with van der Waals surface area (Å²) >= 11 is 0. The Kier molecular flexibility index (Phi) is 8.16. The third kappa shape index (κ3) is 4.55. The smallest absolute Gasteiger partial charge is 0.312 e. The van der Waals surface area contributed by atoms with Crippen molar-refractivity contribution in [3.8, 4) is 0 Å². The van der Waals surface area contributed by atoms with Crippen molar-refractivity contribution >= 4 is 17.8 Å². The summed E-state index contributed by atoms with van der Waals surface area (Å²) in [6.45, 7) is 16.0. The van der Waals surface area contributed by atoms with Gasteiger partial charge in [-0.15, -0.1) is 13.2 Å². The Morgan fingerprint density at radius 3 is 2.54 bits per heavy atom. The molecule has 2 bridgehead atoms. The van der Waals surface area contributed by atoms with Crippen LogP contribution in [0.1, 0.15) is 66.2 Å². The van der Waals surface area contributed by atoms with Gasteiger partial charge in [-0.25, -0.2) is 0 Å². The van der Waals surface area contributed by atoms with Crippen molar-refractivity contribution < 1.29 is 29.0 Å². The number of carbonyl (C=O) groups is 3. The van der Waals surface area contributed by atoms with Gasteiger partial charge in [0.2, 0.25) is 11.8 Å². The van der Waals surface area contributed by atoms with Crippen molar-refractivity contribution in [3.63, 3.8) is 0 Å². The molecular weight excluding hydrogens is 448 g/mol. The summed E-state index contributed by atoms with van der Waals surface area (Å²) < 4.78 is 12.3. The van der Waals surface area contributed by atoms with Crippen LogP contribution in [-0.2, 0) is 23.9 Å². The van der Waals surface area contributed by atoms with Crippen molar-refractivity contribution in [1.82, 2.24) is 9.80 Å². The maximum Gasteiger partial charge on any atom is 0.312 e. The molecule has 3 aliphatic heterocycles. The van der Waals surface area contributed by atoms with E-state index < -0.39 is 40.6 Å². The summed E-state index contributed by atoms with van der Waals surface area (Å²) in [7, 11) is 0. The first-order chi connectivity index (χ1) is 16.5. The molecule has 8 heteroatoms. The first-order valence-electron chi connectivity index (χ1n) is 12.9. The lowest BCUT2D eigenvalue weighted by molar-refractivity contribution is -0.162. The highest BCUT2D eigenvalue weighted by molar-refractivity contribution is 5.98. The summed E-state index contributed by atoms with van der Waals surface area (Å²) in [6.07, 6.45) is 6.86. The molecule has 196 valence electrons. The Bertz CT molecular complexity index is 851. The lowest BCUT2D eigenvalue weighted by atomic mass is 9.65. The van der Waals surface area contributed by atoms with E-state index >= 15 is 0 Å². The molecule has 3 fully saturated rings. The largest absolute Gasteiger partial charge is 0.465 e. The lowest BCUT2D eigenvalue weighted by Crippen LogP contribution is -2.60. The van der Waals surface area contributed by atoms with Crippen LogP contribution < -0.4 is 0 Å². The molecule has 2 unspecified atom stereocenters. The molecule has 1 spiro atoms. The van der Waals surface area contributed by atoms with Gasteiger partial charge in [-0.2, -0.15) is 0 Å². The summed E-state index contributed by atoms with van der Waals surface area (Å²) in [5.74, 6) is -2.43. The molecule has 3 aliphatic rings. The molecule has 0 radical (unpaired) electrons. The molecule has 0 aromatic carbocycles. The summed E-state index contributed by atoms with van der Waals surface area (Å²) in [5, 5.41) is 9.49. The predicted octanol–water partition coefficient (Wildman–Crippen LogP) is 2.85. The highest BCUT2D eigenvalue weighted by Gasteiger charge is 2.79. The zero-order chi connectivity index (χ0) is 26.0. The number of unbranched alkanes of at least 4 members (excludes halogenated alkanes) is 1. The second-order valence-electron chi connectivity index (χ2n) is 10.9. The van der Waals surface area contributed by atoms with Gasteiger partial charge in [0.15, 0.2) is 0 Å². The molecule has 35 heavy (non-hydrogen) atoms. The fourth-order valence-electron chi connectivity index (χ4n) is 6.30. The highest BCUT2D eigenvalue weighted by atomic mass is 16.6. The summed E-state index contributed by atoms with van der Waals surface area (Å²) in [6, 6.07) is -0.863. The SMILES string of the molecule is C=CCCCOC(=O)[C@H]1[C@H]2C(=O)N(CCCO)C(C(=O)N(CC=C)C(C)(C)C)C23CC[C@]1(CC)O3. The molecule has 2 amide bonds. The van der Waals surface area contributed by atoms with Crippen LogP contribution in [0.15, 0.2) is 25.3 Å². The van der Waals surface area contributed by atoms with Gasteiger partial charge in [0.1, 0.15) is 17.6 Å². The van der Waals surface area contributed by atoms with Gasteiger partial charge in [0.25, 0.3) is 0 Å². The number of nitrogens with zero attached hydrogens (tertiary/aromatic N) is 2. The van der Waals surface area contributed by atoms with Crippen molar-refractivity contribution in [1.29, 1.82) is 0 Å². The van der Waals surface area contributed by atoms with E-state index in [9.17, 15) is 19.5 Å². The number of rotatable bonds is 12. The number of amides is 2. The van der Waals surface area contributed by atoms with Crippen molar-refractivity contribution in [2.45, 2.75) is 89.0 Å². The van der Waals surface area contributed by atoms with Gasteiger partial charge < -0.3 is 24.4 Å². The number of aliphatic hydroxyl groups excluding tert-OH is 1. The van der Waals surface area contributed by atoms with E-state index in [0.717, 1.165) is 6.42 Å². The molecule has 3 rings (SSSR count). The van der Waals surface area contributed by atoms with Gasteiger partial charge in [0.05, 0.1) is 18.1 Å².